The molecule has 0 amide bonds. The van der Waals surface area contributed by atoms with Gasteiger partial charge in [-0.15, -0.1) is 0 Å². The normalized spacial score (nSPS) is 29.3. The third-order valence-corrected chi connectivity index (χ3v) is 4.14. The predicted octanol–water partition coefficient (Wildman–Crippen LogP) is 1.60. The first kappa shape index (κ1) is 21.3. The van der Waals surface area contributed by atoms with Crippen LogP contribution >= 0.6 is 0 Å². The molecule has 1 aromatic carbocycles. The summed E-state index contributed by atoms with van der Waals surface area (Å²) in [5.41, 5.74) is 0.573. The summed E-state index contributed by atoms with van der Waals surface area (Å²) in [6.45, 7) is 12.0. The summed E-state index contributed by atoms with van der Waals surface area (Å²) >= 11 is 0. The van der Waals surface area contributed by atoms with E-state index in [4.69, 9.17) is 25.5 Å². The molecule has 9 nitrogen and oxygen atoms in total. The average Bonchev–Trinajstić information content (AvgIpc) is 2.61. The van der Waals surface area contributed by atoms with Crippen molar-refractivity contribution in [3.63, 3.8) is 0 Å². The van der Waals surface area contributed by atoms with Crippen molar-refractivity contribution in [1.82, 2.24) is 0 Å². The van der Waals surface area contributed by atoms with E-state index in [2.05, 4.69) is 4.85 Å². The van der Waals surface area contributed by atoms with E-state index in [9.17, 15) is 19.5 Å². The summed E-state index contributed by atoms with van der Waals surface area (Å²) in [5.74, 6) is -4.23. The Morgan fingerprint density at radius 1 is 1.07 bits per heavy atom. The Morgan fingerprint density at radius 2 is 1.64 bits per heavy atom. The van der Waals surface area contributed by atoms with Crippen molar-refractivity contribution in [3.05, 3.63) is 41.2 Å². The van der Waals surface area contributed by atoms with Crippen molar-refractivity contribution >= 4 is 23.6 Å². The highest BCUT2D eigenvalue weighted by molar-refractivity contribution is 5.69. The van der Waals surface area contributed by atoms with Crippen molar-refractivity contribution < 1.29 is 38.4 Å². The van der Waals surface area contributed by atoms with Gasteiger partial charge in [0.05, 0.1) is 12.7 Å². The molecule has 150 valence electrons. The quantitative estimate of drug-likeness (QED) is 0.468. The Bertz CT molecular complexity index is 799. The molecule has 0 aromatic heterocycles. The van der Waals surface area contributed by atoms with Gasteiger partial charge in [-0.3, -0.25) is 14.4 Å². The van der Waals surface area contributed by atoms with Gasteiger partial charge in [-0.2, -0.15) is 0 Å². The van der Waals surface area contributed by atoms with Crippen LogP contribution in [0.15, 0.2) is 24.3 Å². The molecule has 1 fully saturated rings. The molecule has 0 aliphatic carbocycles. The van der Waals surface area contributed by atoms with E-state index in [0.717, 1.165) is 20.8 Å². The van der Waals surface area contributed by atoms with Crippen LogP contribution in [0.4, 0.5) is 5.69 Å². The van der Waals surface area contributed by atoms with E-state index in [1.807, 2.05) is 0 Å². The Hall–Kier alpha value is -2.96. The predicted molar refractivity (Wildman–Crippen MR) is 93.8 cm³/mol. The molecule has 2 rings (SSSR count). The summed E-state index contributed by atoms with van der Waals surface area (Å²) in [4.78, 5) is 38.5. The maximum atomic E-state index is 11.9. The molecule has 0 unspecified atom stereocenters. The number of aliphatic hydroxyl groups excluding tert-OH is 1. The second-order valence-corrected chi connectivity index (χ2v) is 6.34. The fourth-order valence-corrected chi connectivity index (χ4v) is 3.08. The van der Waals surface area contributed by atoms with Gasteiger partial charge in [0.1, 0.15) is 6.10 Å². The van der Waals surface area contributed by atoms with E-state index in [1.54, 1.807) is 0 Å². The van der Waals surface area contributed by atoms with Crippen molar-refractivity contribution in [2.75, 3.05) is 0 Å². The highest BCUT2D eigenvalue weighted by Gasteiger charge is 2.60. The fraction of sp³-hybridized carbons (Fsp3) is 0.474. The summed E-state index contributed by atoms with van der Waals surface area (Å²) in [6, 6.07) is 5.89. The lowest BCUT2D eigenvalue weighted by Crippen LogP contribution is -2.65. The standard InChI is InChI=1S/C19H21NO8/c1-10-16(24)17(25-11(2)21)18(26-12(3)22)19(27-10,28-13(4)23)14-6-8-15(20-5)9-7-14/h6-10,16-18,24H,1-4H3/t10-,16+,17+,18-,19-/m0/s1. The molecule has 1 heterocycles. The first-order chi connectivity index (χ1) is 13.1. The highest BCUT2D eigenvalue weighted by atomic mass is 16.8. The van der Waals surface area contributed by atoms with Gasteiger partial charge in [-0.1, -0.05) is 24.3 Å². The summed E-state index contributed by atoms with van der Waals surface area (Å²) in [7, 11) is 0. The lowest BCUT2D eigenvalue weighted by Gasteiger charge is -2.49. The van der Waals surface area contributed by atoms with Crippen LogP contribution in [0.2, 0.25) is 0 Å². The third-order valence-electron chi connectivity index (χ3n) is 4.14. The highest BCUT2D eigenvalue weighted by Crippen LogP contribution is 2.43. The third kappa shape index (κ3) is 4.30. The Labute approximate surface area is 162 Å². The first-order valence-corrected chi connectivity index (χ1v) is 8.48. The first-order valence-electron chi connectivity index (χ1n) is 8.48. The van der Waals surface area contributed by atoms with Crippen molar-refractivity contribution in [3.8, 4) is 0 Å². The molecule has 0 saturated carbocycles. The second-order valence-electron chi connectivity index (χ2n) is 6.34. The van der Waals surface area contributed by atoms with Gasteiger partial charge in [-0.25, -0.2) is 4.85 Å². The molecular weight excluding hydrogens is 370 g/mol. The van der Waals surface area contributed by atoms with Crippen LogP contribution in [0.1, 0.15) is 33.3 Å². The SMILES string of the molecule is [C-]#[N+]c1ccc([C@@]2(OC(C)=O)O[C@@H](C)[C@@H](O)[C@@H](OC(C)=O)[C@@H]2OC(C)=O)cc1. The van der Waals surface area contributed by atoms with Gasteiger partial charge in [-0.05, 0) is 6.92 Å². The van der Waals surface area contributed by atoms with Gasteiger partial charge in [0, 0.05) is 26.3 Å². The number of aliphatic hydroxyl groups is 1. The number of hydrogen-bond acceptors (Lipinski definition) is 8. The second kappa shape index (κ2) is 8.37. The van der Waals surface area contributed by atoms with Crippen molar-refractivity contribution in [1.29, 1.82) is 0 Å². The zero-order valence-corrected chi connectivity index (χ0v) is 15.9. The van der Waals surface area contributed by atoms with Crippen molar-refractivity contribution in [2.24, 2.45) is 0 Å². The number of benzene rings is 1. The van der Waals surface area contributed by atoms with Crippen LogP contribution in [0, 0.1) is 6.57 Å². The Kier molecular flexibility index (Phi) is 6.38. The average molecular weight is 391 g/mol. The minimum Gasteiger partial charge on any atom is -0.455 e. The van der Waals surface area contributed by atoms with E-state index in [0.29, 0.717) is 5.69 Å². The van der Waals surface area contributed by atoms with Gasteiger partial charge in [0.15, 0.2) is 11.8 Å². The molecule has 5 atom stereocenters. The van der Waals surface area contributed by atoms with E-state index >= 15 is 0 Å². The molecule has 1 saturated heterocycles. The van der Waals surface area contributed by atoms with Crippen molar-refractivity contribution in [2.45, 2.75) is 57.9 Å². The molecule has 28 heavy (non-hydrogen) atoms. The van der Waals surface area contributed by atoms with Gasteiger partial charge >= 0.3 is 17.9 Å². The molecule has 9 heteroatoms. The number of hydrogen-bond donors (Lipinski definition) is 1. The van der Waals surface area contributed by atoms with Crippen LogP contribution < -0.4 is 0 Å². The Balaban J connectivity index is 2.68. The van der Waals surface area contributed by atoms with Gasteiger partial charge in [0.25, 0.3) is 5.79 Å². The Morgan fingerprint density at radius 3 is 2.11 bits per heavy atom. The molecule has 1 aliphatic rings. The zero-order chi connectivity index (χ0) is 21.1. The molecule has 0 radical (unpaired) electrons. The molecular formula is C19H21NO8. The van der Waals surface area contributed by atoms with Crippen LogP contribution in [-0.2, 0) is 39.1 Å². The number of ether oxygens (including phenoxy) is 4. The van der Waals surface area contributed by atoms with Gasteiger partial charge in [0.2, 0.25) is 6.10 Å². The number of carbonyl (C=O) groups is 3. The van der Waals surface area contributed by atoms with E-state index in [-0.39, 0.29) is 5.56 Å². The van der Waals surface area contributed by atoms with E-state index < -0.39 is 48.1 Å². The number of rotatable bonds is 4. The molecule has 1 aromatic rings. The molecule has 0 bridgehead atoms. The lowest BCUT2D eigenvalue weighted by molar-refractivity contribution is -0.355. The number of esters is 3. The monoisotopic (exact) mass is 391 g/mol. The van der Waals surface area contributed by atoms with Crippen LogP contribution in [-0.4, -0.2) is 47.4 Å². The largest absolute Gasteiger partial charge is 0.455 e. The zero-order valence-electron chi connectivity index (χ0n) is 15.9. The maximum Gasteiger partial charge on any atom is 0.305 e. The minimum atomic E-state index is -1.99. The lowest BCUT2D eigenvalue weighted by atomic mass is 9.87. The molecule has 1 N–H and O–H groups in total. The number of carbonyl (C=O) groups excluding carboxylic acids is 3. The molecule has 0 spiro atoms. The van der Waals surface area contributed by atoms with E-state index in [1.165, 1.54) is 31.2 Å². The summed E-state index contributed by atoms with van der Waals surface area (Å²) < 4.78 is 21.8. The topological polar surface area (TPSA) is 113 Å². The van der Waals surface area contributed by atoms with Crippen LogP contribution in [0.5, 0.6) is 0 Å². The number of nitrogens with zero attached hydrogens (tertiary/aromatic N) is 1. The maximum absolute atomic E-state index is 11.9. The van der Waals surface area contributed by atoms with Gasteiger partial charge < -0.3 is 24.1 Å². The minimum absolute atomic E-state index is 0.247. The molecule has 1 aliphatic heterocycles. The van der Waals surface area contributed by atoms with Crippen LogP contribution in [0.3, 0.4) is 0 Å². The summed E-state index contributed by atoms with van der Waals surface area (Å²) in [5, 5.41) is 10.5. The fourth-order valence-electron chi connectivity index (χ4n) is 3.08. The smallest absolute Gasteiger partial charge is 0.305 e. The summed E-state index contributed by atoms with van der Waals surface area (Å²) in [6.07, 6.45) is -5.14. The van der Waals surface area contributed by atoms with Crippen LogP contribution in [0.25, 0.3) is 4.85 Å².